The van der Waals surface area contributed by atoms with Gasteiger partial charge in [-0.2, -0.15) is 11.8 Å². The van der Waals surface area contributed by atoms with Gasteiger partial charge in [-0.15, -0.1) is 0 Å². The Kier molecular flexibility index (Phi) is 10.3. The van der Waals surface area contributed by atoms with Gasteiger partial charge in [0.05, 0.1) is 10.1 Å². The van der Waals surface area contributed by atoms with E-state index in [1.54, 1.807) is 25.6 Å². The largest absolute Gasteiger partial charge is 1.00 e. The second-order valence-corrected chi connectivity index (χ2v) is 6.57. The van der Waals surface area contributed by atoms with Crippen molar-refractivity contribution in [3.05, 3.63) is 0 Å². The molecule has 0 aromatic rings. The summed E-state index contributed by atoms with van der Waals surface area (Å²) >= 11 is 1.64. The normalized spacial score (nSPS) is 12.3. The molecule has 0 fully saturated rings. The maximum absolute atomic E-state index is 10.6. The molecule has 0 amide bonds. The molecule has 0 bridgehead atoms. The van der Waals surface area contributed by atoms with Crippen molar-refractivity contribution in [1.29, 1.82) is 0 Å². The molecule has 4 nitrogen and oxygen atoms in total. The van der Waals surface area contributed by atoms with Crippen LogP contribution in [0, 0.1) is 5.41 Å². The van der Waals surface area contributed by atoms with Gasteiger partial charge in [-0.05, 0) is 29.9 Å². The van der Waals surface area contributed by atoms with Crippen molar-refractivity contribution in [3.63, 3.8) is 0 Å². The van der Waals surface area contributed by atoms with Crippen LogP contribution in [-0.4, -0.2) is 36.8 Å². The van der Waals surface area contributed by atoms with Crippen LogP contribution in [-0.2, 0) is 10.1 Å². The van der Waals surface area contributed by atoms with Gasteiger partial charge in [0, 0.05) is 5.75 Å². The van der Waals surface area contributed by atoms with Crippen molar-refractivity contribution in [3.8, 4) is 0 Å². The Labute approximate surface area is 119 Å². The molecule has 0 aromatic carbocycles. The predicted molar refractivity (Wildman–Crippen MR) is 59.3 cm³/mol. The van der Waals surface area contributed by atoms with Crippen LogP contribution in [0.25, 0.3) is 0 Å². The zero-order chi connectivity index (χ0) is 11.2. The predicted octanol–water partition coefficient (Wildman–Crippen LogP) is -2.36. The summed E-state index contributed by atoms with van der Waals surface area (Å²) < 4.78 is 31.7. The average Bonchev–Trinajstić information content (AvgIpc) is 1.93. The molecule has 15 heavy (non-hydrogen) atoms. The monoisotopic (exact) mass is 263 g/mol. The molecule has 0 heterocycles. The molecular weight excluding hydrogens is 245 g/mol. The first-order chi connectivity index (χ1) is 6.27. The SMILES string of the molecule is CC(C)(CSCCCN)CS(=O)(=O)[O-].[Na+]. The zero-order valence-corrected chi connectivity index (χ0v) is 13.3. The third-order valence-electron chi connectivity index (χ3n) is 1.55. The van der Waals surface area contributed by atoms with E-state index in [2.05, 4.69) is 0 Å². The summed E-state index contributed by atoms with van der Waals surface area (Å²) in [4.78, 5) is 0. The topological polar surface area (TPSA) is 83.2 Å². The summed E-state index contributed by atoms with van der Waals surface area (Å²) in [6, 6.07) is 0. The summed E-state index contributed by atoms with van der Waals surface area (Å²) in [5.74, 6) is 1.29. The molecule has 0 atom stereocenters. The Morgan fingerprint density at radius 2 is 1.93 bits per heavy atom. The van der Waals surface area contributed by atoms with Gasteiger partial charge in [0.1, 0.15) is 0 Å². The quantitative estimate of drug-likeness (QED) is 0.316. The minimum absolute atomic E-state index is 0. The fourth-order valence-electron chi connectivity index (χ4n) is 1.05. The second-order valence-electron chi connectivity index (χ2n) is 4.06. The van der Waals surface area contributed by atoms with Crippen LogP contribution in [0.15, 0.2) is 0 Å². The van der Waals surface area contributed by atoms with Crippen LogP contribution in [0.3, 0.4) is 0 Å². The molecule has 0 spiro atoms. The number of thioether (sulfide) groups is 1. The molecule has 0 aliphatic carbocycles. The van der Waals surface area contributed by atoms with E-state index in [1.165, 1.54) is 0 Å². The molecule has 0 aliphatic rings. The minimum Gasteiger partial charge on any atom is -0.748 e. The Balaban J connectivity index is 0. The third-order valence-corrected chi connectivity index (χ3v) is 4.25. The van der Waals surface area contributed by atoms with E-state index in [4.69, 9.17) is 5.73 Å². The maximum atomic E-state index is 10.6. The Morgan fingerprint density at radius 1 is 1.40 bits per heavy atom. The zero-order valence-electron chi connectivity index (χ0n) is 9.65. The molecule has 0 rings (SSSR count). The van der Waals surface area contributed by atoms with E-state index in [0.29, 0.717) is 12.3 Å². The van der Waals surface area contributed by atoms with Gasteiger partial charge in [-0.25, -0.2) is 8.42 Å². The van der Waals surface area contributed by atoms with Gasteiger partial charge < -0.3 is 10.3 Å². The first kappa shape index (κ1) is 18.6. The maximum Gasteiger partial charge on any atom is 1.00 e. The van der Waals surface area contributed by atoms with Crippen LogP contribution in [0.1, 0.15) is 20.3 Å². The van der Waals surface area contributed by atoms with Gasteiger partial charge in [-0.1, -0.05) is 13.8 Å². The molecule has 0 saturated heterocycles. The van der Waals surface area contributed by atoms with E-state index in [-0.39, 0.29) is 35.3 Å². The molecule has 0 unspecified atom stereocenters. The number of rotatable bonds is 7. The van der Waals surface area contributed by atoms with Crippen LogP contribution >= 0.6 is 11.8 Å². The average molecular weight is 263 g/mol. The van der Waals surface area contributed by atoms with Crippen molar-refractivity contribution < 1.29 is 42.5 Å². The van der Waals surface area contributed by atoms with Gasteiger partial charge in [0.15, 0.2) is 0 Å². The smallest absolute Gasteiger partial charge is 0.748 e. The van der Waals surface area contributed by atoms with Gasteiger partial charge in [0.2, 0.25) is 0 Å². The molecule has 0 saturated carbocycles. The first-order valence-corrected chi connectivity index (χ1v) is 7.21. The molecule has 2 N–H and O–H groups in total. The fourth-order valence-corrected chi connectivity index (χ4v) is 3.41. The van der Waals surface area contributed by atoms with Gasteiger partial charge in [-0.3, -0.25) is 0 Å². The molecule has 7 heteroatoms. The summed E-state index contributed by atoms with van der Waals surface area (Å²) in [6.45, 7) is 4.23. The van der Waals surface area contributed by atoms with Crippen LogP contribution in [0.5, 0.6) is 0 Å². The second kappa shape index (κ2) is 8.33. The Hall–Kier alpha value is 1.22. The van der Waals surface area contributed by atoms with Crippen LogP contribution in [0.4, 0.5) is 0 Å². The van der Waals surface area contributed by atoms with E-state index in [0.717, 1.165) is 12.2 Å². The number of hydrogen-bond acceptors (Lipinski definition) is 5. The standard InChI is InChI=1S/C8H19NO3S2.Na/c1-8(2,7-14(10,11)12)6-13-5-3-4-9;/h3-7,9H2,1-2H3,(H,10,11,12);/q;+1/p-1. The Bertz CT molecular complexity index is 255. The van der Waals surface area contributed by atoms with Gasteiger partial charge >= 0.3 is 29.6 Å². The summed E-state index contributed by atoms with van der Waals surface area (Å²) in [7, 11) is -4.11. The third kappa shape index (κ3) is 13.2. The van der Waals surface area contributed by atoms with Crippen molar-refractivity contribution >= 4 is 21.9 Å². The van der Waals surface area contributed by atoms with Crippen molar-refractivity contribution in [1.82, 2.24) is 0 Å². The molecular formula is C8H18NNaO3S2. The number of hydrogen-bond donors (Lipinski definition) is 1. The molecule has 0 aliphatic heterocycles. The summed E-state index contributed by atoms with van der Waals surface area (Å²) in [6.07, 6.45) is 0.921. The molecule has 0 radical (unpaired) electrons. The van der Waals surface area contributed by atoms with Crippen molar-refractivity contribution in [2.24, 2.45) is 11.1 Å². The molecule has 0 aromatic heterocycles. The molecule has 86 valence electrons. The van der Waals surface area contributed by atoms with E-state index in [9.17, 15) is 13.0 Å². The van der Waals surface area contributed by atoms with Crippen molar-refractivity contribution in [2.45, 2.75) is 20.3 Å². The van der Waals surface area contributed by atoms with E-state index in [1.807, 2.05) is 0 Å². The van der Waals surface area contributed by atoms with E-state index < -0.39 is 15.5 Å². The first-order valence-electron chi connectivity index (χ1n) is 4.48. The van der Waals surface area contributed by atoms with Crippen LogP contribution < -0.4 is 35.3 Å². The van der Waals surface area contributed by atoms with E-state index >= 15 is 0 Å². The fraction of sp³-hybridized carbons (Fsp3) is 1.00. The number of nitrogens with two attached hydrogens (primary N) is 1. The van der Waals surface area contributed by atoms with Crippen LogP contribution in [0.2, 0.25) is 0 Å². The summed E-state index contributed by atoms with van der Waals surface area (Å²) in [5.41, 5.74) is 4.88. The summed E-state index contributed by atoms with van der Waals surface area (Å²) in [5, 5.41) is 0. The minimum atomic E-state index is -4.11. The van der Waals surface area contributed by atoms with Gasteiger partial charge in [0.25, 0.3) is 0 Å². The Morgan fingerprint density at radius 3 is 2.33 bits per heavy atom. The van der Waals surface area contributed by atoms with Crippen molar-refractivity contribution in [2.75, 3.05) is 23.8 Å².